The smallest absolute Gasteiger partial charge is 0.352 e. The third kappa shape index (κ3) is 2.72. The lowest BCUT2D eigenvalue weighted by molar-refractivity contribution is 0.0691. The summed E-state index contributed by atoms with van der Waals surface area (Å²) in [5.74, 6) is -1.51. The van der Waals surface area contributed by atoms with Crippen LogP contribution in [0.1, 0.15) is 16.9 Å². The Morgan fingerprint density at radius 3 is 2.60 bits per heavy atom. The Morgan fingerprint density at radius 1 is 1.50 bits per heavy atom. The number of sulfone groups is 1. The average Bonchev–Trinajstić information content (AvgIpc) is 2.94. The van der Waals surface area contributed by atoms with Crippen LogP contribution in [-0.2, 0) is 19.9 Å². The molecule has 112 valence electrons. The minimum absolute atomic E-state index is 0.0367. The summed E-state index contributed by atoms with van der Waals surface area (Å²) in [6.45, 7) is 0. The predicted molar refractivity (Wildman–Crippen MR) is 69.8 cm³/mol. The van der Waals surface area contributed by atoms with Gasteiger partial charge in [-0.25, -0.2) is 21.6 Å². The molecule has 1 aromatic rings. The SMILES string of the molecule is CN(C1CCS(=O)(=O)C1)S(=O)(=O)c1c[nH]c(C(=O)O)c1. The Balaban J connectivity index is 2.28. The fourth-order valence-corrected chi connectivity index (χ4v) is 5.32. The van der Waals surface area contributed by atoms with E-state index in [0.29, 0.717) is 0 Å². The van der Waals surface area contributed by atoms with E-state index >= 15 is 0 Å². The molecule has 0 radical (unpaired) electrons. The lowest BCUT2D eigenvalue weighted by Crippen LogP contribution is -2.37. The van der Waals surface area contributed by atoms with E-state index in [4.69, 9.17) is 5.11 Å². The van der Waals surface area contributed by atoms with Gasteiger partial charge in [0.25, 0.3) is 0 Å². The highest BCUT2D eigenvalue weighted by Crippen LogP contribution is 2.23. The molecule has 0 spiro atoms. The van der Waals surface area contributed by atoms with Gasteiger partial charge in [-0.15, -0.1) is 0 Å². The number of nitrogens with zero attached hydrogens (tertiary/aromatic N) is 1. The second-order valence-corrected chi connectivity index (χ2v) is 8.86. The van der Waals surface area contributed by atoms with Crippen molar-refractivity contribution in [3.8, 4) is 0 Å². The molecule has 1 saturated heterocycles. The van der Waals surface area contributed by atoms with Crippen molar-refractivity contribution in [2.75, 3.05) is 18.6 Å². The van der Waals surface area contributed by atoms with E-state index in [2.05, 4.69) is 4.98 Å². The Bertz CT molecular complexity index is 734. The zero-order valence-corrected chi connectivity index (χ0v) is 12.2. The quantitative estimate of drug-likeness (QED) is 0.771. The minimum Gasteiger partial charge on any atom is -0.477 e. The second-order valence-electron chi connectivity index (χ2n) is 4.63. The van der Waals surface area contributed by atoms with Gasteiger partial charge in [-0.05, 0) is 12.5 Å². The van der Waals surface area contributed by atoms with Crippen LogP contribution in [0.5, 0.6) is 0 Å². The number of carbonyl (C=O) groups is 1. The summed E-state index contributed by atoms with van der Waals surface area (Å²) in [5, 5.41) is 8.76. The number of aromatic amines is 1. The lowest BCUT2D eigenvalue weighted by atomic mass is 10.3. The molecule has 0 amide bonds. The molecule has 0 bridgehead atoms. The van der Waals surface area contributed by atoms with Crippen LogP contribution in [0.25, 0.3) is 0 Å². The van der Waals surface area contributed by atoms with Gasteiger partial charge >= 0.3 is 5.97 Å². The van der Waals surface area contributed by atoms with Crippen molar-refractivity contribution < 1.29 is 26.7 Å². The molecule has 1 fully saturated rings. The first kappa shape index (κ1) is 15.0. The molecule has 10 heteroatoms. The zero-order valence-electron chi connectivity index (χ0n) is 10.6. The van der Waals surface area contributed by atoms with Crippen molar-refractivity contribution in [3.63, 3.8) is 0 Å². The summed E-state index contributed by atoms with van der Waals surface area (Å²) < 4.78 is 48.4. The topological polar surface area (TPSA) is 125 Å². The highest BCUT2D eigenvalue weighted by atomic mass is 32.2. The van der Waals surface area contributed by atoms with Crippen molar-refractivity contribution in [1.82, 2.24) is 9.29 Å². The lowest BCUT2D eigenvalue weighted by Gasteiger charge is -2.21. The van der Waals surface area contributed by atoms with Crippen molar-refractivity contribution in [3.05, 3.63) is 18.0 Å². The first-order valence-electron chi connectivity index (χ1n) is 5.74. The van der Waals surface area contributed by atoms with E-state index in [9.17, 15) is 21.6 Å². The Hall–Kier alpha value is -1.39. The highest BCUT2D eigenvalue weighted by Gasteiger charge is 2.36. The molecule has 2 rings (SSSR count). The monoisotopic (exact) mass is 322 g/mol. The van der Waals surface area contributed by atoms with E-state index < -0.39 is 31.9 Å². The van der Waals surface area contributed by atoms with E-state index in [1.54, 1.807) is 0 Å². The molecule has 2 N–H and O–H groups in total. The minimum atomic E-state index is -3.91. The maximum atomic E-state index is 12.3. The van der Waals surface area contributed by atoms with Gasteiger partial charge in [0.2, 0.25) is 10.0 Å². The Kier molecular flexibility index (Phi) is 3.65. The third-order valence-electron chi connectivity index (χ3n) is 3.29. The van der Waals surface area contributed by atoms with Gasteiger partial charge in [0.05, 0.1) is 11.5 Å². The van der Waals surface area contributed by atoms with Gasteiger partial charge in [0.1, 0.15) is 10.6 Å². The van der Waals surface area contributed by atoms with Crippen LogP contribution >= 0.6 is 0 Å². The van der Waals surface area contributed by atoms with Gasteiger partial charge in [-0.2, -0.15) is 4.31 Å². The molecule has 1 aromatic heterocycles. The summed E-state index contributed by atoms with van der Waals surface area (Å²) >= 11 is 0. The van der Waals surface area contributed by atoms with Crippen LogP contribution in [0.2, 0.25) is 0 Å². The van der Waals surface area contributed by atoms with Crippen molar-refractivity contribution in [2.24, 2.45) is 0 Å². The van der Waals surface area contributed by atoms with Crippen molar-refractivity contribution >= 4 is 25.8 Å². The number of aromatic carboxylic acids is 1. The molecule has 1 aliphatic heterocycles. The molecule has 1 aliphatic rings. The van der Waals surface area contributed by atoms with Gasteiger partial charge in [0.15, 0.2) is 9.84 Å². The number of carboxylic acids is 1. The van der Waals surface area contributed by atoms with Crippen LogP contribution in [0.4, 0.5) is 0 Å². The standard InChI is InChI=1S/C10H14N2O6S2/c1-12(7-2-3-19(15,16)6-7)20(17,18)8-4-9(10(13)14)11-5-8/h4-5,7,11H,2-3,6H2,1H3,(H,13,14). The van der Waals surface area contributed by atoms with Gasteiger partial charge < -0.3 is 10.1 Å². The maximum Gasteiger partial charge on any atom is 0.352 e. The predicted octanol–water partition coefficient (Wildman–Crippen LogP) is -0.479. The van der Waals surface area contributed by atoms with Crippen molar-refractivity contribution in [1.29, 1.82) is 0 Å². The average molecular weight is 322 g/mol. The summed E-state index contributed by atoms with van der Waals surface area (Å²) in [7, 11) is -5.81. The normalized spacial score (nSPS) is 22.2. The largest absolute Gasteiger partial charge is 0.477 e. The number of aromatic nitrogens is 1. The van der Waals surface area contributed by atoms with Crippen molar-refractivity contribution in [2.45, 2.75) is 17.4 Å². The molecule has 1 unspecified atom stereocenters. The number of rotatable bonds is 4. The number of hydrogen-bond donors (Lipinski definition) is 2. The number of sulfonamides is 1. The molecule has 0 aliphatic carbocycles. The van der Waals surface area contributed by atoms with E-state index in [1.165, 1.54) is 7.05 Å². The summed E-state index contributed by atoms with van der Waals surface area (Å²) in [6, 6.07) is 0.394. The van der Waals surface area contributed by atoms with Crippen LogP contribution < -0.4 is 0 Å². The number of hydrogen-bond acceptors (Lipinski definition) is 5. The van der Waals surface area contributed by atoms with Gasteiger partial charge in [0, 0.05) is 19.3 Å². The first-order chi connectivity index (χ1) is 9.13. The zero-order chi connectivity index (χ0) is 15.1. The molecule has 0 saturated carbocycles. The van der Waals surface area contributed by atoms with Crippen LogP contribution in [0, 0.1) is 0 Å². The van der Waals surface area contributed by atoms with Gasteiger partial charge in [-0.1, -0.05) is 0 Å². The highest BCUT2D eigenvalue weighted by molar-refractivity contribution is 7.92. The molecular formula is C10H14N2O6S2. The van der Waals surface area contributed by atoms with Crippen LogP contribution in [-0.4, -0.2) is 61.8 Å². The fraction of sp³-hybridized carbons (Fsp3) is 0.500. The van der Waals surface area contributed by atoms with E-state index in [0.717, 1.165) is 16.6 Å². The van der Waals surface area contributed by atoms with Crippen LogP contribution in [0.15, 0.2) is 17.2 Å². The Morgan fingerprint density at radius 2 is 2.15 bits per heavy atom. The molecular weight excluding hydrogens is 308 g/mol. The van der Waals surface area contributed by atoms with Gasteiger partial charge in [-0.3, -0.25) is 0 Å². The fourth-order valence-electron chi connectivity index (χ4n) is 2.07. The summed E-state index contributed by atoms with van der Waals surface area (Å²) in [4.78, 5) is 12.9. The number of H-pyrrole nitrogens is 1. The summed E-state index contributed by atoms with van der Waals surface area (Å²) in [6.07, 6.45) is 1.33. The molecule has 2 heterocycles. The summed E-state index contributed by atoms with van der Waals surface area (Å²) in [5.41, 5.74) is -0.240. The van der Waals surface area contributed by atoms with E-state index in [1.807, 2.05) is 0 Å². The van der Waals surface area contributed by atoms with Crippen LogP contribution in [0.3, 0.4) is 0 Å². The molecule has 1 atom stereocenters. The first-order valence-corrected chi connectivity index (χ1v) is 9.00. The van der Waals surface area contributed by atoms with E-state index in [-0.39, 0.29) is 28.5 Å². The molecule has 8 nitrogen and oxygen atoms in total. The maximum absolute atomic E-state index is 12.3. The number of carboxylic acid groups (broad SMARTS) is 1. The second kappa shape index (κ2) is 4.86. The molecule has 20 heavy (non-hydrogen) atoms. The molecule has 0 aromatic carbocycles. The number of nitrogens with one attached hydrogen (secondary N) is 1. The third-order valence-corrected chi connectivity index (χ3v) is 6.92. The Labute approximate surface area is 116 Å².